The Morgan fingerprint density at radius 3 is 2.44 bits per heavy atom. The predicted octanol–water partition coefficient (Wildman–Crippen LogP) is 4.91. The second-order valence-electron chi connectivity index (χ2n) is 6.70. The fraction of sp³-hybridized carbons (Fsp3) is 0.130. The zero-order chi connectivity index (χ0) is 22.5. The summed E-state index contributed by atoms with van der Waals surface area (Å²) < 4.78 is 21.6. The van der Waals surface area contributed by atoms with Crippen molar-refractivity contribution in [2.75, 3.05) is 14.2 Å². The summed E-state index contributed by atoms with van der Waals surface area (Å²) >= 11 is 0. The quantitative estimate of drug-likeness (QED) is 0.285. The van der Waals surface area contributed by atoms with Gasteiger partial charge in [-0.3, -0.25) is 10.1 Å². The summed E-state index contributed by atoms with van der Waals surface area (Å²) in [6, 6.07) is 18.9. The largest absolute Gasteiger partial charge is 0.497 e. The van der Waals surface area contributed by atoms with Gasteiger partial charge in [-0.2, -0.15) is 4.98 Å². The topological polar surface area (TPSA) is 110 Å². The van der Waals surface area contributed by atoms with Gasteiger partial charge in [-0.05, 0) is 35.9 Å². The fourth-order valence-corrected chi connectivity index (χ4v) is 3.09. The van der Waals surface area contributed by atoms with Crippen molar-refractivity contribution >= 4 is 5.69 Å². The first-order valence-electron chi connectivity index (χ1n) is 9.60. The van der Waals surface area contributed by atoms with E-state index >= 15 is 0 Å². The molecule has 0 N–H and O–H groups in total. The summed E-state index contributed by atoms with van der Waals surface area (Å²) in [6.45, 7) is -0.00205. The van der Waals surface area contributed by atoms with Gasteiger partial charge in [0.1, 0.15) is 17.2 Å². The first-order chi connectivity index (χ1) is 15.6. The van der Waals surface area contributed by atoms with Crippen LogP contribution in [0.25, 0.3) is 22.5 Å². The zero-order valence-electron chi connectivity index (χ0n) is 17.3. The van der Waals surface area contributed by atoms with Gasteiger partial charge in [-0.25, -0.2) is 0 Å². The van der Waals surface area contributed by atoms with Crippen LogP contribution in [0.4, 0.5) is 5.69 Å². The SMILES string of the molecule is COc1ccc(-c2cc([N+](=O)[O-])ccc2OCc2nc(-c3cccc(OC)c3)no2)cc1. The van der Waals surface area contributed by atoms with Crippen molar-refractivity contribution < 1.29 is 23.7 Å². The number of nitrogens with zero attached hydrogens (tertiary/aromatic N) is 3. The highest BCUT2D eigenvalue weighted by molar-refractivity contribution is 5.73. The molecule has 4 rings (SSSR count). The Hall–Kier alpha value is -4.40. The minimum Gasteiger partial charge on any atom is -0.497 e. The third-order valence-corrected chi connectivity index (χ3v) is 4.72. The molecule has 4 aromatic rings. The lowest BCUT2D eigenvalue weighted by atomic mass is 10.0. The first-order valence-corrected chi connectivity index (χ1v) is 9.60. The molecular weight excluding hydrogens is 414 g/mol. The average molecular weight is 433 g/mol. The molecule has 0 amide bonds. The van der Waals surface area contributed by atoms with Crippen LogP contribution in [-0.2, 0) is 6.61 Å². The molecule has 162 valence electrons. The molecule has 1 heterocycles. The van der Waals surface area contributed by atoms with Crippen LogP contribution in [0.2, 0.25) is 0 Å². The maximum atomic E-state index is 11.3. The second kappa shape index (κ2) is 9.17. The number of hydrogen-bond donors (Lipinski definition) is 0. The molecule has 32 heavy (non-hydrogen) atoms. The summed E-state index contributed by atoms with van der Waals surface area (Å²) in [4.78, 5) is 15.2. The molecular formula is C23H19N3O6. The van der Waals surface area contributed by atoms with Crippen LogP contribution in [0, 0.1) is 10.1 Å². The van der Waals surface area contributed by atoms with Gasteiger partial charge in [0.25, 0.3) is 11.6 Å². The Labute approximate surface area is 183 Å². The van der Waals surface area contributed by atoms with Gasteiger partial charge < -0.3 is 18.7 Å². The number of non-ortho nitro benzene ring substituents is 1. The Morgan fingerprint density at radius 1 is 0.938 bits per heavy atom. The number of aromatic nitrogens is 2. The molecule has 3 aromatic carbocycles. The molecule has 0 saturated heterocycles. The van der Waals surface area contributed by atoms with Crippen LogP contribution < -0.4 is 14.2 Å². The van der Waals surface area contributed by atoms with E-state index in [2.05, 4.69) is 10.1 Å². The van der Waals surface area contributed by atoms with E-state index in [9.17, 15) is 10.1 Å². The molecule has 0 saturated carbocycles. The summed E-state index contributed by atoms with van der Waals surface area (Å²) in [5.74, 6) is 2.48. The fourth-order valence-electron chi connectivity index (χ4n) is 3.09. The van der Waals surface area contributed by atoms with Crippen molar-refractivity contribution in [2.24, 2.45) is 0 Å². The molecule has 0 spiro atoms. The van der Waals surface area contributed by atoms with Gasteiger partial charge in [0.2, 0.25) is 5.82 Å². The summed E-state index contributed by atoms with van der Waals surface area (Å²) in [6.07, 6.45) is 0. The van der Waals surface area contributed by atoms with Gasteiger partial charge in [-0.1, -0.05) is 29.4 Å². The highest BCUT2D eigenvalue weighted by Crippen LogP contribution is 2.35. The lowest BCUT2D eigenvalue weighted by Crippen LogP contribution is -1.99. The van der Waals surface area contributed by atoms with E-state index in [1.54, 1.807) is 50.6 Å². The van der Waals surface area contributed by atoms with Crippen molar-refractivity contribution in [1.29, 1.82) is 0 Å². The number of methoxy groups -OCH3 is 2. The summed E-state index contributed by atoms with van der Waals surface area (Å²) in [5, 5.41) is 15.2. The number of nitro benzene ring substituents is 1. The second-order valence-corrected chi connectivity index (χ2v) is 6.70. The standard InChI is InChI=1S/C23H19N3O6/c1-29-18-9-6-15(7-10-18)20-13-17(26(27)28)8-11-21(20)31-14-22-24-23(25-32-22)16-4-3-5-19(12-16)30-2/h3-13H,14H2,1-2H3. The number of hydrogen-bond acceptors (Lipinski definition) is 8. The highest BCUT2D eigenvalue weighted by Gasteiger charge is 2.16. The molecule has 0 bridgehead atoms. The van der Waals surface area contributed by atoms with Crippen LogP contribution in [-0.4, -0.2) is 29.3 Å². The number of ether oxygens (including phenoxy) is 3. The third-order valence-electron chi connectivity index (χ3n) is 4.72. The minimum absolute atomic E-state index is 0.00205. The first kappa shape index (κ1) is 20.9. The van der Waals surface area contributed by atoms with Crippen LogP contribution in [0.3, 0.4) is 0 Å². The monoisotopic (exact) mass is 433 g/mol. The highest BCUT2D eigenvalue weighted by atomic mass is 16.6. The van der Waals surface area contributed by atoms with Gasteiger partial charge in [0, 0.05) is 23.3 Å². The minimum atomic E-state index is -0.449. The Bertz CT molecular complexity index is 1240. The number of rotatable bonds is 8. The summed E-state index contributed by atoms with van der Waals surface area (Å²) in [7, 11) is 3.15. The molecule has 0 atom stereocenters. The molecule has 0 aliphatic heterocycles. The lowest BCUT2D eigenvalue weighted by Gasteiger charge is -2.11. The molecule has 0 aliphatic rings. The molecule has 0 radical (unpaired) electrons. The van der Waals surface area contributed by atoms with E-state index in [1.807, 2.05) is 18.2 Å². The van der Waals surface area contributed by atoms with Crippen molar-refractivity contribution in [3.63, 3.8) is 0 Å². The van der Waals surface area contributed by atoms with Crippen LogP contribution >= 0.6 is 0 Å². The van der Waals surface area contributed by atoms with Crippen LogP contribution in [0.15, 0.2) is 71.3 Å². The van der Waals surface area contributed by atoms with E-state index in [1.165, 1.54) is 12.1 Å². The van der Waals surface area contributed by atoms with Crippen molar-refractivity contribution in [1.82, 2.24) is 10.1 Å². The maximum absolute atomic E-state index is 11.3. The number of nitro groups is 1. The average Bonchev–Trinajstić information content (AvgIpc) is 3.32. The molecule has 1 aromatic heterocycles. The van der Waals surface area contributed by atoms with E-state index in [0.717, 1.165) is 11.1 Å². The van der Waals surface area contributed by atoms with Gasteiger partial charge in [0.15, 0.2) is 6.61 Å². The molecule has 0 aliphatic carbocycles. The van der Waals surface area contributed by atoms with Crippen molar-refractivity contribution in [2.45, 2.75) is 6.61 Å². The zero-order valence-corrected chi connectivity index (χ0v) is 17.3. The van der Waals surface area contributed by atoms with Gasteiger partial charge in [-0.15, -0.1) is 0 Å². The van der Waals surface area contributed by atoms with E-state index in [0.29, 0.717) is 28.6 Å². The molecule has 9 heteroatoms. The van der Waals surface area contributed by atoms with Crippen molar-refractivity contribution in [3.05, 3.63) is 82.7 Å². The molecule has 0 unspecified atom stereocenters. The van der Waals surface area contributed by atoms with E-state index in [-0.39, 0.29) is 18.2 Å². The molecule has 9 nitrogen and oxygen atoms in total. The lowest BCUT2D eigenvalue weighted by molar-refractivity contribution is -0.384. The Kier molecular flexibility index (Phi) is 5.98. The predicted molar refractivity (Wildman–Crippen MR) is 116 cm³/mol. The van der Waals surface area contributed by atoms with Crippen LogP contribution in [0.5, 0.6) is 17.2 Å². The van der Waals surface area contributed by atoms with Crippen molar-refractivity contribution in [3.8, 4) is 39.8 Å². The maximum Gasteiger partial charge on any atom is 0.270 e. The van der Waals surface area contributed by atoms with Gasteiger partial charge in [0.05, 0.1) is 19.1 Å². The summed E-state index contributed by atoms with van der Waals surface area (Å²) in [5.41, 5.74) is 2.01. The molecule has 0 fully saturated rings. The van der Waals surface area contributed by atoms with E-state index in [4.69, 9.17) is 18.7 Å². The third kappa shape index (κ3) is 4.51. The number of benzene rings is 3. The van der Waals surface area contributed by atoms with Crippen LogP contribution in [0.1, 0.15) is 5.89 Å². The van der Waals surface area contributed by atoms with E-state index < -0.39 is 4.92 Å². The smallest absolute Gasteiger partial charge is 0.270 e. The van der Waals surface area contributed by atoms with Gasteiger partial charge >= 0.3 is 0 Å². The Morgan fingerprint density at radius 2 is 1.72 bits per heavy atom. The Balaban J connectivity index is 1.57. The normalized spacial score (nSPS) is 10.6.